The van der Waals surface area contributed by atoms with Crippen molar-refractivity contribution in [2.75, 3.05) is 0 Å². The van der Waals surface area contributed by atoms with Crippen molar-refractivity contribution in [3.8, 4) is 0 Å². The molecule has 1 aromatic carbocycles. The summed E-state index contributed by atoms with van der Waals surface area (Å²) in [5.41, 5.74) is 5.82. The van der Waals surface area contributed by atoms with E-state index in [4.69, 9.17) is 29.6 Å². The van der Waals surface area contributed by atoms with Gasteiger partial charge in [0, 0.05) is 5.56 Å². The smallest absolute Gasteiger partial charge is 0.251 e. The third kappa shape index (κ3) is 3.65. The Morgan fingerprint density at radius 3 is 2.56 bits per heavy atom. The van der Waals surface area contributed by atoms with Gasteiger partial charge in [-0.25, -0.2) is 4.39 Å². The van der Waals surface area contributed by atoms with Crippen molar-refractivity contribution >= 4 is 34.7 Å². The maximum Gasteiger partial charge on any atom is 0.251 e. The van der Waals surface area contributed by atoms with Crippen LogP contribution in [0.3, 0.4) is 0 Å². The largest absolute Gasteiger partial charge is 0.392 e. The highest BCUT2D eigenvalue weighted by molar-refractivity contribution is 7.80. The molecule has 1 rings (SSSR count). The summed E-state index contributed by atoms with van der Waals surface area (Å²) in [6.45, 7) is 3.78. The van der Waals surface area contributed by atoms with Crippen LogP contribution in [0.25, 0.3) is 0 Å². The molecule has 1 aromatic rings. The number of carbonyl (C=O) groups excluding carboxylic acids is 1. The van der Waals surface area contributed by atoms with E-state index in [9.17, 15) is 9.18 Å². The van der Waals surface area contributed by atoms with Gasteiger partial charge in [0.25, 0.3) is 5.91 Å². The highest BCUT2D eigenvalue weighted by Crippen LogP contribution is 2.16. The van der Waals surface area contributed by atoms with Gasteiger partial charge in [0.05, 0.1) is 16.1 Å². The Morgan fingerprint density at radius 1 is 1.50 bits per heavy atom. The van der Waals surface area contributed by atoms with Gasteiger partial charge < -0.3 is 11.1 Å². The molecule has 0 saturated carbocycles. The summed E-state index contributed by atoms with van der Waals surface area (Å²) in [5.74, 6) is -0.881. The van der Waals surface area contributed by atoms with Crippen molar-refractivity contribution in [1.82, 2.24) is 5.32 Å². The number of thiocarbonyl (C=S) groups is 1. The number of benzene rings is 1. The summed E-state index contributed by atoms with van der Waals surface area (Å²) in [4.78, 5) is 12.1. The first kappa shape index (κ1) is 14.9. The molecule has 0 aliphatic carbocycles. The zero-order valence-electron chi connectivity index (χ0n) is 10.0. The Balaban J connectivity index is 2.87. The number of nitrogens with two attached hydrogens (primary N) is 1. The van der Waals surface area contributed by atoms with Crippen LogP contribution in [0.5, 0.6) is 0 Å². The lowest BCUT2D eigenvalue weighted by Crippen LogP contribution is -2.46. The van der Waals surface area contributed by atoms with Gasteiger partial charge >= 0.3 is 0 Å². The number of rotatable bonds is 4. The Morgan fingerprint density at radius 2 is 2.11 bits per heavy atom. The van der Waals surface area contributed by atoms with Gasteiger partial charge in [-0.15, -0.1) is 0 Å². The number of carbonyl (C=O) groups is 1. The lowest BCUT2D eigenvalue weighted by atomic mass is 10.0. The molecule has 18 heavy (non-hydrogen) atoms. The molecule has 0 aliphatic rings. The van der Waals surface area contributed by atoms with Crippen molar-refractivity contribution in [3.05, 3.63) is 34.6 Å². The molecule has 0 saturated heterocycles. The predicted octanol–water partition coefficient (Wildman–Crippen LogP) is 2.52. The van der Waals surface area contributed by atoms with Crippen LogP contribution in [0.15, 0.2) is 18.2 Å². The van der Waals surface area contributed by atoms with Crippen molar-refractivity contribution in [2.45, 2.75) is 19.9 Å². The molecule has 98 valence electrons. The van der Waals surface area contributed by atoms with E-state index in [2.05, 4.69) is 5.32 Å². The minimum atomic E-state index is -0.567. The molecule has 1 atom stereocenters. The summed E-state index contributed by atoms with van der Waals surface area (Å²) in [6, 6.07) is 3.36. The summed E-state index contributed by atoms with van der Waals surface area (Å²) in [7, 11) is 0. The van der Waals surface area contributed by atoms with Crippen LogP contribution in [-0.4, -0.2) is 16.9 Å². The summed E-state index contributed by atoms with van der Waals surface area (Å²) in [6.07, 6.45) is 0. The van der Waals surface area contributed by atoms with E-state index in [-0.39, 0.29) is 27.4 Å². The van der Waals surface area contributed by atoms with Crippen LogP contribution < -0.4 is 11.1 Å². The number of amides is 1. The normalized spacial score (nSPS) is 12.3. The Kier molecular flexibility index (Phi) is 5.04. The first-order valence-corrected chi connectivity index (χ1v) is 6.16. The van der Waals surface area contributed by atoms with Crippen LogP contribution in [0.4, 0.5) is 4.39 Å². The zero-order valence-corrected chi connectivity index (χ0v) is 11.6. The van der Waals surface area contributed by atoms with E-state index in [0.717, 1.165) is 6.07 Å². The van der Waals surface area contributed by atoms with Gasteiger partial charge in [-0.1, -0.05) is 37.7 Å². The zero-order chi connectivity index (χ0) is 13.9. The fourth-order valence-corrected chi connectivity index (χ4v) is 1.94. The third-order valence-corrected chi connectivity index (χ3v) is 2.99. The number of nitrogens with one attached hydrogen (secondary N) is 1. The van der Waals surface area contributed by atoms with Crippen LogP contribution in [-0.2, 0) is 0 Å². The Bertz CT molecular complexity index is 479. The monoisotopic (exact) mass is 288 g/mol. The average molecular weight is 289 g/mol. The van der Waals surface area contributed by atoms with Crippen molar-refractivity contribution in [1.29, 1.82) is 0 Å². The van der Waals surface area contributed by atoms with E-state index in [1.165, 1.54) is 12.1 Å². The number of hydrogen-bond acceptors (Lipinski definition) is 2. The van der Waals surface area contributed by atoms with Crippen molar-refractivity contribution in [2.24, 2.45) is 11.7 Å². The Labute approximate surface area is 115 Å². The highest BCUT2D eigenvalue weighted by atomic mass is 35.5. The minimum absolute atomic E-state index is 0.0716. The molecule has 0 aromatic heterocycles. The quantitative estimate of drug-likeness (QED) is 0.837. The second-order valence-corrected chi connectivity index (χ2v) is 5.11. The van der Waals surface area contributed by atoms with E-state index in [1.807, 2.05) is 13.8 Å². The first-order valence-electron chi connectivity index (χ1n) is 5.38. The molecule has 0 heterocycles. The molecule has 0 spiro atoms. The SMILES string of the molecule is CC(C)C(NC(=O)c1ccc(F)c(Cl)c1)C(N)=S. The molecule has 0 aliphatic heterocycles. The Hall–Kier alpha value is -1.20. The van der Waals surface area contributed by atoms with Crippen LogP contribution in [0.2, 0.25) is 5.02 Å². The molecule has 0 fully saturated rings. The van der Waals surface area contributed by atoms with Crippen molar-refractivity contribution < 1.29 is 9.18 Å². The summed E-state index contributed by atoms with van der Waals surface area (Å²) < 4.78 is 13.0. The standard InChI is InChI=1S/C12H14ClFN2OS/c1-6(2)10(11(15)18)16-12(17)7-3-4-9(14)8(13)5-7/h3-6,10H,1-2H3,(H2,15,18)(H,16,17). The predicted molar refractivity (Wildman–Crippen MR) is 74.3 cm³/mol. The second-order valence-electron chi connectivity index (χ2n) is 4.23. The molecule has 1 unspecified atom stereocenters. The molecule has 1 amide bonds. The van der Waals surface area contributed by atoms with Gasteiger partial charge in [-0.05, 0) is 24.1 Å². The third-order valence-electron chi connectivity index (χ3n) is 2.44. The highest BCUT2D eigenvalue weighted by Gasteiger charge is 2.20. The van der Waals surface area contributed by atoms with E-state index in [1.54, 1.807) is 0 Å². The van der Waals surface area contributed by atoms with Crippen LogP contribution >= 0.6 is 23.8 Å². The topological polar surface area (TPSA) is 55.1 Å². The number of hydrogen-bond donors (Lipinski definition) is 2. The first-order chi connectivity index (χ1) is 8.32. The van der Waals surface area contributed by atoms with Gasteiger partial charge in [-0.3, -0.25) is 4.79 Å². The van der Waals surface area contributed by atoms with Gasteiger partial charge in [0.2, 0.25) is 0 Å². The molecule has 6 heteroatoms. The van der Waals surface area contributed by atoms with E-state index in [0.29, 0.717) is 0 Å². The average Bonchev–Trinajstić information content (AvgIpc) is 2.28. The molecule has 3 N–H and O–H groups in total. The molecule has 3 nitrogen and oxygen atoms in total. The molecular weight excluding hydrogens is 275 g/mol. The second kappa shape index (κ2) is 6.11. The fourth-order valence-electron chi connectivity index (χ4n) is 1.43. The maximum absolute atomic E-state index is 13.0. The van der Waals surface area contributed by atoms with Gasteiger partial charge in [0.1, 0.15) is 5.82 Å². The van der Waals surface area contributed by atoms with E-state index >= 15 is 0 Å². The molecule has 0 bridgehead atoms. The summed E-state index contributed by atoms with van der Waals surface area (Å²) in [5, 5.41) is 2.59. The van der Waals surface area contributed by atoms with Gasteiger partial charge in [-0.2, -0.15) is 0 Å². The lowest BCUT2D eigenvalue weighted by Gasteiger charge is -2.21. The summed E-state index contributed by atoms with van der Waals surface area (Å²) >= 11 is 10.5. The minimum Gasteiger partial charge on any atom is -0.392 e. The fraction of sp³-hybridized carbons (Fsp3) is 0.333. The molecular formula is C12H14ClFN2OS. The van der Waals surface area contributed by atoms with Crippen LogP contribution in [0.1, 0.15) is 24.2 Å². The lowest BCUT2D eigenvalue weighted by molar-refractivity contribution is 0.0940. The van der Waals surface area contributed by atoms with E-state index < -0.39 is 11.9 Å². The van der Waals surface area contributed by atoms with Gasteiger partial charge in [0.15, 0.2) is 0 Å². The number of halogens is 2. The van der Waals surface area contributed by atoms with Crippen LogP contribution in [0, 0.1) is 11.7 Å². The van der Waals surface area contributed by atoms with Crippen molar-refractivity contribution in [3.63, 3.8) is 0 Å². The maximum atomic E-state index is 13.0. The molecule has 0 radical (unpaired) electrons.